The molecule has 5 nitrogen and oxygen atoms in total. The molecule has 7 aromatic carbocycles. The van der Waals surface area contributed by atoms with Crippen molar-refractivity contribution in [3.05, 3.63) is 171 Å². The molecule has 1 N–H and O–H groups in total. The molecule has 0 unspecified atom stereocenters. The summed E-state index contributed by atoms with van der Waals surface area (Å²) in [5.74, 6) is 0.808. The molecule has 0 amide bonds. The zero-order chi connectivity index (χ0) is 37.3. The molecular formula is C50H39N3O2PtSi. The van der Waals surface area contributed by atoms with E-state index in [-0.39, 0.29) is 34.2 Å². The number of rotatable bonds is 6. The Morgan fingerprint density at radius 1 is 0.667 bits per heavy atom. The molecular weight excluding hydrogens is 898 g/mol. The van der Waals surface area contributed by atoms with Gasteiger partial charge in [0.15, 0.2) is 0 Å². The number of phenols is 1. The van der Waals surface area contributed by atoms with Crippen molar-refractivity contribution in [2.45, 2.75) is 19.6 Å². The topological polar surface area (TPSA) is 64.1 Å². The molecule has 7 heteroatoms. The van der Waals surface area contributed by atoms with Crippen LogP contribution >= 0.6 is 0 Å². The summed E-state index contributed by atoms with van der Waals surface area (Å²) in [5.41, 5.74) is 10.3. The molecule has 0 aliphatic heterocycles. The molecule has 280 valence electrons. The second-order valence-corrected chi connectivity index (χ2v) is 20.2. The molecule has 0 saturated carbocycles. The van der Waals surface area contributed by atoms with Crippen LogP contribution in [0.4, 0.5) is 0 Å². The Morgan fingerprint density at radius 3 is 2.18 bits per heavy atom. The van der Waals surface area contributed by atoms with Crippen molar-refractivity contribution in [2.75, 3.05) is 0 Å². The standard InChI is InChI=1S/C49H36N3O2Si.CH3.Pt/c1-55(2,3)35-24-26-42(50-30-35)41-28-34(27-40-38-18-9-10-22-46(38)54-48(40)41)37-19-12-21-44-47(37)51-49(52(44)43-20-11-16-32-15-7-8-17-36(32)43)39-25-23-33(29-45(39)53)31-13-5-4-6-14-31;;/h4-27,29-30,53H,1-3H3;1H3;/q2*-1;+2. The van der Waals surface area contributed by atoms with E-state index in [4.69, 9.17) is 14.4 Å². The van der Waals surface area contributed by atoms with E-state index < -0.39 is 8.07 Å². The van der Waals surface area contributed by atoms with Crippen LogP contribution in [0.3, 0.4) is 0 Å². The Hall–Kier alpha value is -6.07. The van der Waals surface area contributed by atoms with Crippen molar-refractivity contribution < 1.29 is 30.6 Å². The van der Waals surface area contributed by atoms with Crippen LogP contribution in [0.5, 0.6) is 5.75 Å². The summed E-state index contributed by atoms with van der Waals surface area (Å²) in [6.45, 7) is 6.99. The molecule has 10 rings (SSSR count). The van der Waals surface area contributed by atoms with Crippen molar-refractivity contribution >= 4 is 57.0 Å². The molecule has 0 aliphatic rings. The molecule has 0 saturated heterocycles. The van der Waals surface area contributed by atoms with Crippen LogP contribution in [-0.2, 0) is 21.1 Å². The van der Waals surface area contributed by atoms with Gasteiger partial charge in [0.2, 0.25) is 0 Å². The van der Waals surface area contributed by atoms with Crippen molar-refractivity contribution in [3.63, 3.8) is 0 Å². The number of benzene rings is 7. The number of nitrogens with zero attached hydrogens (tertiary/aromatic N) is 3. The first-order valence-corrected chi connectivity index (χ1v) is 22.0. The Balaban J connectivity index is 0.00000228. The minimum Gasteiger partial charge on any atom is -0.507 e. The minimum absolute atomic E-state index is 0. The second-order valence-electron chi connectivity index (χ2n) is 15.1. The maximum absolute atomic E-state index is 11.8. The molecule has 3 heterocycles. The van der Waals surface area contributed by atoms with Crippen LogP contribution in [-0.4, -0.2) is 27.7 Å². The number of fused-ring (bicyclic) bond motifs is 5. The van der Waals surface area contributed by atoms with Gasteiger partial charge in [-0.3, -0.25) is 9.55 Å². The Bertz CT molecular complexity index is 3080. The number of hydrogen-bond acceptors (Lipinski definition) is 4. The number of hydrogen-bond donors (Lipinski definition) is 1. The number of imidazole rings is 1. The molecule has 0 fully saturated rings. The van der Waals surface area contributed by atoms with Gasteiger partial charge in [-0.1, -0.05) is 146 Å². The largest absolute Gasteiger partial charge is 2.00 e. The summed E-state index contributed by atoms with van der Waals surface area (Å²) in [6.07, 6.45) is 2.02. The van der Waals surface area contributed by atoms with Crippen LogP contribution in [0.2, 0.25) is 19.6 Å². The molecule has 0 aliphatic carbocycles. The molecule has 0 spiro atoms. The van der Waals surface area contributed by atoms with Crippen LogP contribution < -0.4 is 5.19 Å². The van der Waals surface area contributed by atoms with E-state index in [1.807, 2.05) is 66.9 Å². The van der Waals surface area contributed by atoms with Crippen molar-refractivity contribution in [1.82, 2.24) is 14.5 Å². The van der Waals surface area contributed by atoms with Crippen molar-refractivity contribution in [2.24, 2.45) is 0 Å². The Kier molecular flexibility index (Phi) is 9.81. The third kappa shape index (κ3) is 6.49. The predicted molar refractivity (Wildman–Crippen MR) is 235 cm³/mol. The molecule has 0 radical (unpaired) electrons. The molecule has 57 heavy (non-hydrogen) atoms. The van der Waals surface area contributed by atoms with Gasteiger partial charge in [-0.05, 0) is 57.4 Å². The number of aromatic nitrogens is 3. The van der Waals surface area contributed by atoms with E-state index in [9.17, 15) is 5.11 Å². The van der Waals surface area contributed by atoms with Gasteiger partial charge in [-0.15, -0.1) is 17.7 Å². The van der Waals surface area contributed by atoms with E-state index in [2.05, 4.69) is 121 Å². The van der Waals surface area contributed by atoms with E-state index >= 15 is 0 Å². The monoisotopic (exact) mass is 936 g/mol. The van der Waals surface area contributed by atoms with Crippen molar-refractivity contribution in [1.29, 1.82) is 0 Å². The number of phenolic OH excluding ortho intramolecular Hbond substituents is 1. The SMILES string of the molecule is C[Si](C)(C)c1ccc(-c2[c-]c(-c3cccc4c3nc(-c3ccc(-c5ccccc5)cc3O)n4-c3cccc4ccccc34)cc3c2oc2ccccc23)nc1.[CH3-].[Pt+2]. The van der Waals surface area contributed by atoms with Gasteiger partial charge in [0.1, 0.15) is 17.2 Å². The zero-order valence-corrected chi connectivity index (χ0v) is 35.3. The van der Waals surface area contributed by atoms with E-state index in [1.54, 1.807) is 0 Å². The van der Waals surface area contributed by atoms with E-state index in [1.165, 1.54) is 5.19 Å². The normalized spacial score (nSPS) is 11.6. The van der Waals surface area contributed by atoms with Crippen LogP contribution in [0.25, 0.3) is 94.3 Å². The fourth-order valence-corrected chi connectivity index (χ4v) is 8.79. The third-order valence-electron chi connectivity index (χ3n) is 10.6. The van der Waals surface area contributed by atoms with Gasteiger partial charge >= 0.3 is 21.1 Å². The van der Waals surface area contributed by atoms with E-state index in [0.29, 0.717) is 11.4 Å². The average Bonchev–Trinajstić information content (AvgIpc) is 3.79. The number of para-hydroxylation sites is 2. The van der Waals surface area contributed by atoms with Gasteiger partial charge in [-0.2, -0.15) is 0 Å². The second kappa shape index (κ2) is 14.8. The van der Waals surface area contributed by atoms with E-state index in [0.717, 1.165) is 82.9 Å². The van der Waals surface area contributed by atoms with Crippen molar-refractivity contribution in [3.8, 4) is 56.3 Å². The molecule has 10 aromatic rings. The zero-order valence-electron chi connectivity index (χ0n) is 32.0. The number of furan rings is 1. The Morgan fingerprint density at radius 2 is 1.40 bits per heavy atom. The van der Waals surface area contributed by atoms with Gasteiger partial charge < -0.3 is 17.0 Å². The molecule has 0 atom stereocenters. The summed E-state index contributed by atoms with van der Waals surface area (Å²) in [4.78, 5) is 10.4. The van der Waals surface area contributed by atoms with Crippen LogP contribution in [0.1, 0.15) is 0 Å². The summed E-state index contributed by atoms with van der Waals surface area (Å²) >= 11 is 0. The van der Waals surface area contributed by atoms with Crippen LogP contribution in [0.15, 0.2) is 162 Å². The first-order valence-electron chi connectivity index (χ1n) is 18.5. The maximum Gasteiger partial charge on any atom is 2.00 e. The first kappa shape index (κ1) is 37.8. The van der Waals surface area contributed by atoms with Crippen LogP contribution in [0, 0.1) is 13.5 Å². The summed E-state index contributed by atoms with van der Waals surface area (Å²) in [6, 6.07) is 55.4. The van der Waals surface area contributed by atoms with Gasteiger partial charge in [0.25, 0.3) is 0 Å². The molecule has 3 aromatic heterocycles. The maximum atomic E-state index is 11.8. The fraction of sp³-hybridized carbons (Fsp3) is 0.0600. The quantitative estimate of drug-likeness (QED) is 0.133. The minimum atomic E-state index is -1.56. The summed E-state index contributed by atoms with van der Waals surface area (Å²) < 4.78 is 8.72. The summed E-state index contributed by atoms with van der Waals surface area (Å²) in [7, 11) is -1.56. The summed E-state index contributed by atoms with van der Waals surface area (Å²) in [5, 5.41) is 17.3. The first-order chi connectivity index (χ1) is 26.8. The fourth-order valence-electron chi connectivity index (χ4n) is 7.75. The molecule has 0 bridgehead atoms. The number of pyridine rings is 1. The smallest absolute Gasteiger partial charge is 0.507 e. The van der Waals surface area contributed by atoms with Gasteiger partial charge in [-0.25, -0.2) is 4.98 Å². The third-order valence-corrected chi connectivity index (χ3v) is 12.7. The predicted octanol–water partition coefficient (Wildman–Crippen LogP) is 12.6. The van der Waals surface area contributed by atoms with Gasteiger partial charge in [0, 0.05) is 22.7 Å². The Labute approximate surface area is 347 Å². The van der Waals surface area contributed by atoms with Gasteiger partial charge in [0.05, 0.1) is 35.9 Å². The average molecular weight is 937 g/mol. The number of aromatic hydroxyl groups is 1.